The largest absolute Gasteiger partial charge is 0.399 e. The van der Waals surface area contributed by atoms with E-state index in [2.05, 4.69) is 35.4 Å². The van der Waals surface area contributed by atoms with Gasteiger partial charge >= 0.3 is 0 Å². The van der Waals surface area contributed by atoms with E-state index in [9.17, 15) is 0 Å². The average Bonchev–Trinajstić information content (AvgIpc) is 3.08. The van der Waals surface area contributed by atoms with E-state index in [1.807, 2.05) is 31.2 Å². The molecule has 1 aromatic carbocycles. The fraction of sp³-hybridized carbons (Fsp3) is 0.458. The molecule has 0 radical (unpaired) electrons. The number of guanidine groups is 1. The van der Waals surface area contributed by atoms with Gasteiger partial charge in [-0.05, 0) is 61.6 Å². The Morgan fingerprint density at radius 3 is 2.69 bits per heavy atom. The summed E-state index contributed by atoms with van der Waals surface area (Å²) >= 11 is 0. The number of rotatable bonds is 2. The molecule has 0 aliphatic carbocycles. The van der Waals surface area contributed by atoms with Crippen molar-refractivity contribution in [2.24, 2.45) is 15.7 Å². The van der Waals surface area contributed by atoms with Gasteiger partial charge in [0, 0.05) is 49.5 Å². The molecule has 0 bridgehead atoms. The van der Waals surface area contributed by atoms with E-state index in [0.29, 0.717) is 6.54 Å². The van der Waals surface area contributed by atoms with E-state index >= 15 is 0 Å². The molecular weight excluding hydrogens is 400 g/mol. The van der Waals surface area contributed by atoms with Gasteiger partial charge in [-0.2, -0.15) is 0 Å². The lowest BCUT2D eigenvalue weighted by Gasteiger charge is -2.33. The summed E-state index contributed by atoms with van der Waals surface area (Å²) in [4.78, 5) is 17.1. The number of nitrogens with two attached hydrogens (primary N) is 2. The highest BCUT2D eigenvalue weighted by Gasteiger charge is 2.31. The van der Waals surface area contributed by atoms with Gasteiger partial charge in [-0.25, -0.2) is 15.4 Å². The third-order valence-corrected chi connectivity index (χ3v) is 6.84. The molecule has 168 valence electrons. The maximum atomic E-state index is 6.11. The number of hydrogen-bond acceptors (Lipinski definition) is 8. The number of benzene rings is 1. The topological polar surface area (TPSA) is 108 Å². The van der Waals surface area contributed by atoms with Gasteiger partial charge in [-0.3, -0.25) is 10.0 Å². The fourth-order valence-electron chi connectivity index (χ4n) is 4.82. The van der Waals surface area contributed by atoms with Crippen molar-refractivity contribution in [2.75, 3.05) is 37.4 Å². The summed E-state index contributed by atoms with van der Waals surface area (Å²) in [6, 6.07) is 8.93. The minimum Gasteiger partial charge on any atom is -0.399 e. The van der Waals surface area contributed by atoms with Crippen molar-refractivity contribution in [3.63, 3.8) is 0 Å². The van der Waals surface area contributed by atoms with Crippen LogP contribution in [-0.4, -0.2) is 54.3 Å². The zero-order valence-corrected chi connectivity index (χ0v) is 19.0. The molecule has 2 aromatic rings. The maximum Gasteiger partial charge on any atom is 0.220 e. The monoisotopic (exact) mass is 432 g/mol. The van der Waals surface area contributed by atoms with Crippen LogP contribution in [0.2, 0.25) is 0 Å². The summed E-state index contributed by atoms with van der Waals surface area (Å²) in [6.45, 7) is 6.65. The second kappa shape index (κ2) is 8.18. The number of fused-ring (bicyclic) bond motifs is 1. The first-order chi connectivity index (χ1) is 15.4. The van der Waals surface area contributed by atoms with Crippen molar-refractivity contribution in [3.05, 3.63) is 52.7 Å². The SMILES string of the molecule is Cc1cc(C2=NC(N3CCC(N)CC3)=NCC2c2cnc3c(c2)C(C)NN3C)ccc1N. The lowest BCUT2D eigenvalue weighted by atomic mass is 9.88. The highest BCUT2D eigenvalue weighted by atomic mass is 15.5. The molecule has 0 saturated carbocycles. The normalized spacial score (nSPS) is 23.8. The maximum absolute atomic E-state index is 6.11. The van der Waals surface area contributed by atoms with Crippen LogP contribution in [0.15, 0.2) is 40.4 Å². The number of aliphatic imine (C=N–C) groups is 2. The van der Waals surface area contributed by atoms with E-state index < -0.39 is 0 Å². The number of likely N-dealkylation sites (tertiary alicyclic amines) is 1. The summed E-state index contributed by atoms with van der Waals surface area (Å²) in [7, 11) is 2.00. The van der Waals surface area contributed by atoms with Gasteiger partial charge in [0.1, 0.15) is 5.82 Å². The van der Waals surface area contributed by atoms with E-state index in [-0.39, 0.29) is 18.0 Å². The summed E-state index contributed by atoms with van der Waals surface area (Å²) in [6.07, 6.45) is 3.92. The molecule has 5 rings (SSSR count). The van der Waals surface area contributed by atoms with Crippen LogP contribution in [0.1, 0.15) is 54.0 Å². The quantitative estimate of drug-likeness (QED) is 0.629. The van der Waals surface area contributed by atoms with Gasteiger partial charge in [0.25, 0.3) is 0 Å². The van der Waals surface area contributed by atoms with Crippen molar-refractivity contribution in [3.8, 4) is 0 Å². The molecule has 1 fully saturated rings. The van der Waals surface area contributed by atoms with Gasteiger partial charge in [-0.1, -0.05) is 6.07 Å². The number of hydrogen-bond donors (Lipinski definition) is 3. The number of hydrazine groups is 1. The van der Waals surface area contributed by atoms with Crippen LogP contribution in [0, 0.1) is 6.92 Å². The third kappa shape index (κ3) is 3.73. The minimum atomic E-state index is 0.0460. The number of nitrogens with zero attached hydrogens (tertiary/aromatic N) is 5. The number of piperidine rings is 1. The smallest absolute Gasteiger partial charge is 0.220 e. The highest BCUT2D eigenvalue weighted by molar-refractivity contribution is 6.12. The van der Waals surface area contributed by atoms with Crippen LogP contribution in [0.25, 0.3) is 0 Å². The molecule has 3 aliphatic rings. The Morgan fingerprint density at radius 1 is 1.16 bits per heavy atom. The Hall–Kier alpha value is -2.97. The predicted molar refractivity (Wildman–Crippen MR) is 130 cm³/mol. The Labute approximate surface area is 189 Å². The Bertz CT molecular complexity index is 1080. The number of aromatic nitrogens is 1. The van der Waals surface area contributed by atoms with Crippen LogP contribution in [0.3, 0.4) is 0 Å². The minimum absolute atomic E-state index is 0.0460. The molecule has 3 aliphatic heterocycles. The van der Waals surface area contributed by atoms with E-state index in [1.54, 1.807) is 0 Å². The second-order valence-corrected chi connectivity index (χ2v) is 9.18. The lowest BCUT2D eigenvalue weighted by molar-refractivity contribution is 0.310. The number of nitrogens with one attached hydrogen (secondary N) is 1. The molecule has 2 unspecified atom stereocenters. The molecule has 5 N–H and O–H groups in total. The Kier molecular flexibility index (Phi) is 5.35. The van der Waals surface area contributed by atoms with Crippen LogP contribution in [-0.2, 0) is 0 Å². The second-order valence-electron chi connectivity index (χ2n) is 9.18. The summed E-state index contributed by atoms with van der Waals surface area (Å²) in [5, 5.41) is 1.99. The average molecular weight is 433 g/mol. The summed E-state index contributed by atoms with van der Waals surface area (Å²) < 4.78 is 0. The molecule has 32 heavy (non-hydrogen) atoms. The summed E-state index contributed by atoms with van der Waals surface area (Å²) in [5.41, 5.74) is 21.9. The molecule has 2 atom stereocenters. The van der Waals surface area contributed by atoms with Crippen molar-refractivity contribution >= 4 is 23.2 Å². The number of aryl methyl sites for hydroxylation is 1. The molecule has 1 aromatic heterocycles. The number of anilines is 2. The fourth-order valence-corrected chi connectivity index (χ4v) is 4.82. The van der Waals surface area contributed by atoms with Crippen molar-refractivity contribution in [1.29, 1.82) is 0 Å². The first kappa shape index (κ1) is 20.9. The lowest BCUT2D eigenvalue weighted by Crippen LogP contribution is -2.44. The van der Waals surface area contributed by atoms with Crippen LogP contribution in [0.4, 0.5) is 11.5 Å². The van der Waals surface area contributed by atoms with Crippen LogP contribution in [0.5, 0.6) is 0 Å². The first-order valence-corrected chi connectivity index (χ1v) is 11.4. The van der Waals surface area contributed by atoms with Crippen LogP contribution >= 0.6 is 0 Å². The summed E-state index contributed by atoms with van der Waals surface area (Å²) in [5.74, 6) is 1.85. The molecule has 8 nitrogen and oxygen atoms in total. The zero-order chi connectivity index (χ0) is 22.4. The standard InChI is InChI=1S/C24H32N8/c1-14-10-16(4-5-21(14)26)22-20(13-28-24(29-22)32-8-6-18(25)7-9-32)17-11-19-15(2)30-31(3)23(19)27-12-17/h4-5,10-12,15,18,20,30H,6-9,13,25-26H2,1-3H3. The zero-order valence-electron chi connectivity index (χ0n) is 19.0. The van der Waals surface area contributed by atoms with Crippen molar-refractivity contribution in [1.82, 2.24) is 15.3 Å². The van der Waals surface area contributed by atoms with Gasteiger partial charge in [0.15, 0.2) is 0 Å². The first-order valence-electron chi connectivity index (χ1n) is 11.4. The van der Waals surface area contributed by atoms with Gasteiger partial charge in [-0.15, -0.1) is 0 Å². The van der Waals surface area contributed by atoms with E-state index in [1.165, 1.54) is 5.56 Å². The van der Waals surface area contributed by atoms with Gasteiger partial charge < -0.3 is 16.4 Å². The van der Waals surface area contributed by atoms with Crippen LogP contribution < -0.4 is 21.9 Å². The molecule has 8 heteroatoms. The Balaban J connectivity index is 1.53. The molecule has 0 spiro atoms. The predicted octanol–water partition coefficient (Wildman–Crippen LogP) is 2.35. The van der Waals surface area contributed by atoms with E-state index in [0.717, 1.165) is 65.8 Å². The highest BCUT2D eigenvalue weighted by Crippen LogP contribution is 2.34. The number of pyridine rings is 1. The van der Waals surface area contributed by atoms with Crippen molar-refractivity contribution < 1.29 is 0 Å². The Morgan fingerprint density at radius 2 is 1.94 bits per heavy atom. The number of nitrogen functional groups attached to an aromatic ring is 1. The molecular formula is C24H32N8. The third-order valence-electron chi connectivity index (χ3n) is 6.84. The molecule has 1 saturated heterocycles. The van der Waals surface area contributed by atoms with Gasteiger partial charge in [0.05, 0.1) is 18.3 Å². The molecule has 4 heterocycles. The molecule has 0 amide bonds. The van der Waals surface area contributed by atoms with Crippen molar-refractivity contribution in [2.45, 2.75) is 44.7 Å². The van der Waals surface area contributed by atoms with Gasteiger partial charge in [0.2, 0.25) is 5.96 Å². The van der Waals surface area contributed by atoms with E-state index in [4.69, 9.17) is 26.4 Å².